The number of amides is 1. The highest BCUT2D eigenvalue weighted by Gasteiger charge is 2.08. The van der Waals surface area contributed by atoms with Gasteiger partial charge in [0.25, 0.3) is 0 Å². The van der Waals surface area contributed by atoms with Gasteiger partial charge in [-0.1, -0.05) is 38.1 Å². The van der Waals surface area contributed by atoms with Crippen molar-refractivity contribution in [2.45, 2.75) is 32.2 Å². The van der Waals surface area contributed by atoms with Crippen LogP contribution in [0.3, 0.4) is 0 Å². The summed E-state index contributed by atoms with van der Waals surface area (Å²) < 4.78 is 0. The fraction of sp³-hybridized carbons (Fsp3) is 0.533. The summed E-state index contributed by atoms with van der Waals surface area (Å²) in [6, 6.07) is 8.17. The van der Waals surface area contributed by atoms with Crippen molar-refractivity contribution in [2.24, 2.45) is 5.73 Å². The molecule has 1 amide bonds. The van der Waals surface area contributed by atoms with E-state index in [1.807, 2.05) is 18.4 Å². The molecule has 106 valence electrons. The van der Waals surface area contributed by atoms with Crippen LogP contribution in [-0.4, -0.2) is 24.5 Å². The lowest BCUT2D eigenvalue weighted by Gasteiger charge is -2.14. The van der Waals surface area contributed by atoms with E-state index in [9.17, 15) is 4.79 Å². The van der Waals surface area contributed by atoms with Gasteiger partial charge in [-0.15, -0.1) is 0 Å². The largest absolute Gasteiger partial charge is 0.354 e. The standard InChI is InChI=1S/C15H24N2OS/c1-11(2)12-4-6-13(7-5-12)14(16)10-17-15(18)8-9-19-3/h4-7,11,14H,8-10,16H2,1-3H3,(H,17,18). The minimum Gasteiger partial charge on any atom is -0.354 e. The number of hydrogen-bond acceptors (Lipinski definition) is 3. The lowest BCUT2D eigenvalue weighted by molar-refractivity contribution is -0.120. The maximum absolute atomic E-state index is 11.5. The van der Waals surface area contributed by atoms with E-state index in [1.54, 1.807) is 11.8 Å². The lowest BCUT2D eigenvalue weighted by atomic mass is 9.99. The van der Waals surface area contributed by atoms with Crippen molar-refractivity contribution in [1.82, 2.24) is 5.32 Å². The average Bonchev–Trinajstić information content (AvgIpc) is 2.42. The zero-order valence-corrected chi connectivity index (χ0v) is 12.8. The molecule has 3 N–H and O–H groups in total. The van der Waals surface area contributed by atoms with E-state index in [-0.39, 0.29) is 11.9 Å². The van der Waals surface area contributed by atoms with Crippen LogP contribution in [-0.2, 0) is 4.79 Å². The first-order chi connectivity index (χ1) is 9.04. The predicted octanol–water partition coefficient (Wildman–Crippen LogP) is 2.68. The van der Waals surface area contributed by atoms with Crippen molar-refractivity contribution >= 4 is 17.7 Å². The van der Waals surface area contributed by atoms with Gasteiger partial charge >= 0.3 is 0 Å². The van der Waals surface area contributed by atoms with Gasteiger partial charge in [0.2, 0.25) is 5.91 Å². The van der Waals surface area contributed by atoms with Crippen LogP contribution in [0.1, 0.15) is 43.4 Å². The van der Waals surface area contributed by atoms with Gasteiger partial charge in [0, 0.05) is 24.8 Å². The summed E-state index contributed by atoms with van der Waals surface area (Å²) in [4.78, 5) is 11.5. The SMILES string of the molecule is CSCCC(=O)NCC(N)c1ccc(C(C)C)cc1. The molecule has 1 aromatic carbocycles. The predicted molar refractivity (Wildman–Crippen MR) is 83.5 cm³/mol. The Morgan fingerprint density at radius 2 is 1.84 bits per heavy atom. The summed E-state index contributed by atoms with van der Waals surface area (Å²) in [5.41, 5.74) is 8.45. The summed E-state index contributed by atoms with van der Waals surface area (Å²) in [5.74, 6) is 1.45. The molecule has 1 atom stereocenters. The second-order valence-corrected chi connectivity index (χ2v) is 5.96. The summed E-state index contributed by atoms with van der Waals surface area (Å²) in [5, 5.41) is 2.88. The second kappa shape index (κ2) is 8.23. The van der Waals surface area contributed by atoms with Crippen molar-refractivity contribution in [3.8, 4) is 0 Å². The van der Waals surface area contributed by atoms with E-state index >= 15 is 0 Å². The summed E-state index contributed by atoms with van der Waals surface area (Å²) in [7, 11) is 0. The molecule has 1 unspecified atom stereocenters. The Labute approximate surface area is 120 Å². The number of nitrogens with two attached hydrogens (primary N) is 1. The first-order valence-corrected chi connectivity index (χ1v) is 8.05. The monoisotopic (exact) mass is 280 g/mol. The molecule has 0 aliphatic carbocycles. The number of hydrogen-bond donors (Lipinski definition) is 2. The van der Waals surface area contributed by atoms with Crippen molar-refractivity contribution in [2.75, 3.05) is 18.6 Å². The van der Waals surface area contributed by atoms with Crippen molar-refractivity contribution in [3.63, 3.8) is 0 Å². The molecule has 0 bridgehead atoms. The van der Waals surface area contributed by atoms with Gasteiger partial charge < -0.3 is 11.1 Å². The topological polar surface area (TPSA) is 55.1 Å². The Hall–Kier alpha value is -1.00. The van der Waals surface area contributed by atoms with E-state index in [1.165, 1.54) is 5.56 Å². The number of thioether (sulfide) groups is 1. The van der Waals surface area contributed by atoms with Gasteiger partial charge in [0.05, 0.1) is 0 Å². The van der Waals surface area contributed by atoms with Crippen LogP contribution >= 0.6 is 11.8 Å². The first kappa shape index (κ1) is 16.1. The van der Waals surface area contributed by atoms with E-state index in [0.29, 0.717) is 18.9 Å². The Morgan fingerprint density at radius 3 is 2.37 bits per heavy atom. The van der Waals surface area contributed by atoms with Crippen LogP contribution in [0.5, 0.6) is 0 Å². The highest BCUT2D eigenvalue weighted by atomic mass is 32.2. The average molecular weight is 280 g/mol. The minimum absolute atomic E-state index is 0.0728. The molecule has 0 saturated heterocycles. The molecule has 0 radical (unpaired) electrons. The molecular weight excluding hydrogens is 256 g/mol. The van der Waals surface area contributed by atoms with Gasteiger partial charge in [-0.25, -0.2) is 0 Å². The van der Waals surface area contributed by atoms with Crippen molar-refractivity contribution in [1.29, 1.82) is 0 Å². The van der Waals surface area contributed by atoms with Crippen LogP contribution in [0, 0.1) is 0 Å². The molecule has 0 aliphatic rings. The number of benzene rings is 1. The molecule has 0 heterocycles. The molecule has 3 nitrogen and oxygen atoms in total. The normalized spacial score (nSPS) is 12.5. The van der Waals surface area contributed by atoms with Crippen molar-refractivity contribution < 1.29 is 4.79 Å². The van der Waals surface area contributed by atoms with Gasteiger partial charge in [-0.2, -0.15) is 11.8 Å². The third kappa shape index (κ3) is 5.66. The highest BCUT2D eigenvalue weighted by Crippen LogP contribution is 2.17. The molecule has 1 rings (SSSR count). The van der Waals surface area contributed by atoms with Gasteiger partial charge in [0.1, 0.15) is 0 Å². The Bertz CT molecular complexity index is 390. The number of carbonyl (C=O) groups is 1. The number of rotatable bonds is 7. The fourth-order valence-corrected chi connectivity index (χ4v) is 2.14. The van der Waals surface area contributed by atoms with E-state index in [0.717, 1.165) is 11.3 Å². The fourth-order valence-electron chi connectivity index (χ4n) is 1.75. The van der Waals surface area contributed by atoms with E-state index < -0.39 is 0 Å². The Morgan fingerprint density at radius 1 is 1.26 bits per heavy atom. The van der Waals surface area contributed by atoms with E-state index in [4.69, 9.17) is 5.73 Å². The molecule has 0 spiro atoms. The van der Waals surface area contributed by atoms with Crippen molar-refractivity contribution in [3.05, 3.63) is 35.4 Å². The zero-order valence-electron chi connectivity index (χ0n) is 12.0. The summed E-state index contributed by atoms with van der Waals surface area (Å²) >= 11 is 1.67. The molecular formula is C15H24N2OS. The molecule has 1 aromatic rings. The first-order valence-electron chi connectivity index (χ1n) is 6.65. The number of nitrogens with one attached hydrogen (secondary N) is 1. The lowest BCUT2D eigenvalue weighted by Crippen LogP contribution is -2.32. The van der Waals surface area contributed by atoms with Crippen LogP contribution in [0.2, 0.25) is 0 Å². The van der Waals surface area contributed by atoms with Gasteiger partial charge in [-0.05, 0) is 23.3 Å². The highest BCUT2D eigenvalue weighted by molar-refractivity contribution is 7.98. The molecule has 0 aliphatic heterocycles. The quantitative estimate of drug-likeness (QED) is 0.807. The van der Waals surface area contributed by atoms with Crippen LogP contribution in [0.25, 0.3) is 0 Å². The van der Waals surface area contributed by atoms with Crippen LogP contribution in [0.15, 0.2) is 24.3 Å². The van der Waals surface area contributed by atoms with Gasteiger partial charge in [-0.3, -0.25) is 4.79 Å². The smallest absolute Gasteiger partial charge is 0.220 e. The Balaban J connectivity index is 2.44. The molecule has 19 heavy (non-hydrogen) atoms. The minimum atomic E-state index is -0.139. The summed E-state index contributed by atoms with van der Waals surface area (Å²) in [6.45, 7) is 4.83. The number of carbonyl (C=O) groups excluding carboxylic acids is 1. The summed E-state index contributed by atoms with van der Waals surface area (Å²) in [6.07, 6.45) is 2.55. The maximum atomic E-state index is 11.5. The molecule has 0 saturated carbocycles. The van der Waals surface area contributed by atoms with E-state index in [2.05, 4.69) is 31.3 Å². The van der Waals surface area contributed by atoms with Crippen LogP contribution < -0.4 is 11.1 Å². The zero-order chi connectivity index (χ0) is 14.3. The van der Waals surface area contributed by atoms with Crippen LogP contribution in [0.4, 0.5) is 0 Å². The molecule has 0 aromatic heterocycles. The second-order valence-electron chi connectivity index (χ2n) is 4.97. The maximum Gasteiger partial charge on any atom is 0.220 e. The third-order valence-electron chi connectivity index (χ3n) is 3.08. The van der Waals surface area contributed by atoms with Gasteiger partial charge in [0.15, 0.2) is 0 Å². The Kier molecular flexibility index (Phi) is 6.95. The third-order valence-corrected chi connectivity index (χ3v) is 3.70. The molecule has 4 heteroatoms. The molecule has 0 fully saturated rings.